The van der Waals surface area contributed by atoms with Crippen LogP contribution in [-0.2, 0) is 18.3 Å². The number of ether oxygens (including phenoxy) is 2. The van der Waals surface area contributed by atoms with Gasteiger partial charge in [-0.15, -0.1) is 0 Å². The number of methoxy groups -OCH3 is 1. The molecule has 10 heteroatoms. The van der Waals surface area contributed by atoms with E-state index in [2.05, 4.69) is 44.1 Å². The van der Waals surface area contributed by atoms with Crippen molar-refractivity contribution in [2.24, 2.45) is 7.05 Å². The number of nitrogens with zero attached hydrogens (tertiary/aromatic N) is 7. The molecular weight excluding hydrogens is 521 g/mol. The molecule has 1 aromatic carbocycles. The number of fused-ring (bicyclic) bond motifs is 1. The van der Waals surface area contributed by atoms with Crippen LogP contribution in [0.25, 0.3) is 33.8 Å². The molecule has 0 spiro atoms. The average Bonchev–Trinajstić information content (AvgIpc) is 3.40. The van der Waals surface area contributed by atoms with Crippen LogP contribution >= 0.6 is 22.6 Å². The second-order valence-corrected chi connectivity index (χ2v) is 8.52. The molecule has 0 saturated carbocycles. The van der Waals surface area contributed by atoms with Crippen LogP contribution < -0.4 is 9.64 Å². The molecule has 4 heterocycles. The summed E-state index contributed by atoms with van der Waals surface area (Å²) < 4.78 is 16.0. The second kappa shape index (κ2) is 8.66. The second-order valence-electron chi connectivity index (χ2n) is 7.56. The van der Waals surface area contributed by atoms with Crippen LogP contribution in [0.4, 0.5) is 5.82 Å². The van der Waals surface area contributed by atoms with Crippen LogP contribution in [0.15, 0.2) is 30.5 Å². The zero-order chi connectivity index (χ0) is 22.2. The van der Waals surface area contributed by atoms with E-state index in [1.807, 2.05) is 37.5 Å². The van der Waals surface area contributed by atoms with E-state index >= 15 is 0 Å². The molecule has 0 amide bonds. The minimum atomic E-state index is 0.657. The Hall–Kier alpha value is -2.73. The molecule has 1 saturated heterocycles. The van der Waals surface area contributed by atoms with Gasteiger partial charge in [0.2, 0.25) is 0 Å². The molecule has 0 unspecified atom stereocenters. The third-order valence-electron chi connectivity index (χ3n) is 5.60. The predicted octanol–water partition coefficient (Wildman–Crippen LogP) is 3.36. The number of hydrogen-bond acceptors (Lipinski definition) is 7. The highest BCUT2D eigenvalue weighted by atomic mass is 127. The lowest BCUT2D eigenvalue weighted by molar-refractivity contribution is 0.122. The number of morpholine rings is 1. The van der Waals surface area contributed by atoms with Crippen molar-refractivity contribution in [3.63, 3.8) is 0 Å². The number of hydrogen-bond donors (Lipinski definition) is 0. The number of aromatic nitrogens is 6. The number of benzene rings is 1. The van der Waals surface area contributed by atoms with Crippen molar-refractivity contribution in [1.29, 1.82) is 0 Å². The van der Waals surface area contributed by atoms with E-state index in [0.29, 0.717) is 19.0 Å². The summed E-state index contributed by atoms with van der Waals surface area (Å²) >= 11 is 2.27. The molecule has 32 heavy (non-hydrogen) atoms. The predicted molar refractivity (Wildman–Crippen MR) is 131 cm³/mol. The lowest BCUT2D eigenvalue weighted by Crippen LogP contribution is -2.37. The number of anilines is 1. The summed E-state index contributed by atoms with van der Waals surface area (Å²) in [5, 5.41) is 4.55. The summed E-state index contributed by atoms with van der Waals surface area (Å²) in [6, 6.07) is 7.96. The Bertz CT molecular complexity index is 1280. The summed E-state index contributed by atoms with van der Waals surface area (Å²) in [5.74, 6) is 2.27. The van der Waals surface area contributed by atoms with Gasteiger partial charge in [-0.25, -0.2) is 15.0 Å². The van der Waals surface area contributed by atoms with E-state index in [0.717, 1.165) is 63.0 Å². The van der Waals surface area contributed by atoms with E-state index in [-0.39, 0.29) is 0 Å². The molecule has 0 N–H and O–H groups in total. The zero-order valence-corrected chi connectivity index (χ0v) is 20.4. The normalized spacial score (nSPS) is 14.3. The maximum Gasteiger partial charge on any atom is 0.173 e. The molecule has 3 aromatic heterocycles. The fraction of sp³-hybridized carbons (Fsp3) is 0.364. The van der Waals surface area contributed by atoms with Crippen LogP contribution in [0.1, 0.15) is 6.92 Å². The number of aryl methyl sites for hydroxylation is 2. The fourth-order valence-electron chi connectivity index (χ4n) is 3.97. The zero-order valence-electron chi connectivity index (χ0n) is 18.2. The van der Waals surface area contributed by atoms with Crippen molar-refractivity contribution >= 4 is 39.6 Å². The number of rotatable bonds is 5. The minimum Gasteiger partial charge on any atom is -0.496 e. The Kier molecular flexibility index (Phi) is 5.72. The van der Waals surface area contributed by atoms with Crippen LogP contribution in [-0.4, -0.2) is 62.7 Å². The molecule has 0 atom stereocenters. The van der Waals surface area contributed by atoms with Gasteiger partial charge >= 0.3 is 0 Å². The largest absolute Gasteiger partial charge is 0.496 e. The van der Waals surface area contributed by atoms with Gasteiger partial charge in [0.1, 0.15) is 5.75 Å². The maximum absolute atomic E-state index is 5.60. The summed E-state index contributed by atoms with van der Waals surface area (Å²) in [6.07, 6.45) is 1.92. The van der Waals surface area contributed by atoms with E-state index in [9.17, 15) is 0 Å². The summed E-state index contributed by atoms with van der Waals surface area (Å²) in [7, 11) is 3.57. The van der Waals surface area contributed by atoms with Gasteiger partial charge in [-0.1, -0.05) is 0 Å². The van der Waals surface area contributed by atoms with E-state index in [4.69, 9.17) is 24.4 Å². The first-order valence-corrected chi connectivity index (χ1v) is 11.6. The van der Waals surface area contributed by atoms with Gasteiger partial charge in [-0.3, -0.25) is 4.68 Å². The lowest BCUT2D eigenvalue weighted by Gasteiger charge is -2.28. The number of imidazole rings is 1. The van der Waals surface area contributed by atoms with Crippen LogP contribution in [0.5, 0.6) is 5.75 Å². The molecule has 0 radical (unpaired) electrons. The van der Waals surface area contributed by atoms with Crippen molar-refractivity contribution in [3.05, 3.63) is 34.3 Å². The third kappa shape index (κ3) is 3.71. The van der Waals surface area contributed by atoms with Crippen molar-refractivity contribution in [3.8, 4) is 28.4 Å². The monoisotopic (exact) mass is 545 g/mol. The van der Waals surface area contributed by atoms with Gasteiger partial charge in [0.25, 0.3) is 0 Å². The van der Waals surface area contributed by atoms with Gasteiger partial charge in [0, 0.05) is 66.6 Å². The van der Waals surface area contributed by atoms with Crippen molar-refractivity contribution in [1.82, 2.24) is 29.3 Å². The van der Waals surface area contributed by atoms with Gasteiger partial charge < -0.3 is 18.9 Å². The standard InChI is InChI=1S/C22H24IN7O2/c1-4-30-21-18(24-22(30)23)20(29-9-11-32-12-10-29)25-19(26-21)14-5-6-17(31-3)15(13-14)16-7-8-28(2)27-16/h5-8,13H,4,9-12H2,1-3H3. The highest BCUT2D eigenvalue weighted by Gasteiger charge is 2.23. The highest BCUT2D eigenvalue weighted by molar-refractivity contribution is 14.1. The van der Waals surface area contributed by atoms with Gasteiger partial charge in [-0.05, 0) is 31.2 Å². The molecule has 1 fully saturated rings. The van der Waals surface area contributed by atoms with Crippen LogP contribution in [0.2, 0.25) is 0 Å². The van der Waals surface area contributed by atoms with Crippen molar-refractivity contribution in [2.45, 2.75) is 13.5 Å². The summed E-state index contributed by atoms with van der Waals surface area (Å²) in [6.45, 7) is 5.81. The Morgan fingerprint density at radius 2 is 1.94 bits per heavy atom. The van der Waals surface area contributed by atoms with Crippen molar-refractivity contribution in [2.75, 3.05) is 38.3 Å². The highest BCUT2D eigenvalue weighted by Crippen LogP contribution is 2.34. The molecule has 9 nitrogen and oxygen atoms in total. The molecule has 1 aliphatic rings. The van der Waals surface area contributed by atoms with Gasteiger partial charge in [-0.2, -0.15) is 5.10 Å². The smallest absolute Gasteiger partial charge is 0.173 e. The van der Waals surface area contributed by atoms with Crippen LogP contribution in [0, 0.1) is 3.83 Å². The van der Waals surface area contributed by atoms with Gasteiger partial charge in [0.15, 0.2) is 26.6 Å². The Morgan fingerprint density at radius 1 is 1.12 bits per heavy atom. The summed E-state index contributed by atoms with van der Waals surface area (Å²) in [5.41, 5.74) is 4.33. The Balaban J connectivity index is 1.70. The maximum atomic E-state index is 5.60. The first-order valence-electron chi connectivity index (χ1n) is 10.5. The topological polar surface area (TPSA) is 83.1 Å². The molecule has 4 aromatic rings. The SMILES string of the molecule is CCn1c(I)nc2c(N3CCOCC3)nc(-c3ccc(OC)c(-c4ccn(C)n4)c3)nc21. The molecule has 1 aliphatic heterocycles. The average molecular weight is 545 g/mol. The Labute approximate surface area is 199 Å². The molecule has 166 valence electrons. The fourth-order valence-corrected chi connectivity index (χ4v) is 4.78. The van der Waals surface area contributed by atoms with Gasteiger partial charge in [0.05, 0.1) is 26.0 Å². The van der Waals surface area contributed by atoms with E-state index in [1.54, 1.807) is 11.8 Å². The van der Waals surface area contributed by atoms with E-state index in [1.165, 1.54) is 0 Å². The minimum absolute atomic E-state index is 0.657. The summed E-state index contributed by atoms with van der Waals surface area (Å²) in [4.78, 5) is 17.0. The number of halogens is 1. The van der Waals surface area contributed by atoms with Crippen LogP contribution in [0.3, 0.4) is 0 Å². The van der Waals surface area contributed by atoms with Crippen molar-refractivity contribution < 1.29 is 9.47 Å². The molecule has 0 bridgehead atoms. The molecule has 0 aliphatic carbocycles. The first-order chi connectivity index (χ1) is 15.6. The lowest BCUT2D eigenvalue weighted by atomic mass is 10.1. The quantitative estimate of drug-likeness (QED) is 0.281. The third-order valence-corrected chi connectivity index (χ3v) is 6.43. The molecule has 5 rings (SSSR count). The van der Waals surface area contributed by atoms with E-state index < -0.39 is 0 Å². The molecular formula is C22H24IN7O2. The first kappa shape index (κ1) is 21.1. The Morgan fingerprint density at radius 3 is 2.62 bits per heavy atom.